The number of hydrogen-bond acceptors (Lipinski definition) is 4. The van der Waals surface area contributed by atoms with Crippen molar-refractivity contribution in [1.82, 2.24) is 9.62 Å². The molecule has 164 valence electrons. The molecule has 1 unspecified atom stereocenters. The van der Waals surface area contributed by atoms with Crippen LogP contribution < -0.4 is 10.6 Å². The molecule has 1 saturated heterocycles. The number of piperidine rings is 1. The molecule has 2 heterocycles. The quantitative estimate of drug-likeness (QED) is 0.664. The van der Waals surface area contributed by atoms with E-state index in [1.807, 2.05) is 0 Å². The SMILES string of the molecule is O=C(NCCC1CCCCN1S(=O)(=O)c1cccs1)Nc1ccc(C(F)(F)F)cc1. The molecule has 3 rings (SSSR count). The molecular weight excluding hydrogens is 439 g/mol. The van der Waals surface area contributed by atoms with Gasteiger partial charge in [-0.25, -0.2) is 13.2 Å². The van der Waals surface area contributed by atoms with Crippen molar-refractivity contribution < 1.29 is 26.4 Å². The van der Waals surface area contributed by atoms with Crippen molar-refractivity contribution >= 4 is 33.1 Å². The first-order chi connectivity index (χ1) is 14.2. The van der Waals surface area contributed by atoms with E-state index >= 15 is 0 Å². The summed E-state index contributed by atoms with van der Waals surface area (Å²) in [6.45, 7) is 0.691. The molecule has 0 aliphatic carbocycles. The van der Waals surface area contributed by atoms with Gasteiger partial charge in [0.15, 0.2) is 0 Å². The highest BCUT2D eigenvalue weighted by Crippen LogP contribution is 2.30. The van der Waals surface area contributed by atoms with Crippen LogP contribution >= 0.6 is 11.3 Å². The molecule has 6 nitrogen and oxygen atoms in total. The molecule has 1 aliphatic rings. The zero-order valence-corrected chi connectivity index (χ0v) is 17.6. The first kappa shape index (κ1) is 22.6. The minimum atomic E-state index is -4.43. The van der Waals surface area contributed by atoms with Gasteiger partial charge in [-0.3, -0.25) is 0 Å². The molecule has 2 aromatic rings. The summed E-state index contributed by atoms with van der Waals surface area (Å²) in [5.41, 5.74) is -0.558. The highest BCUT2D eigenvalue weighted by molar-refractivity contribution is 7.91. The minimum Gasteiger partial charge on any atom is -0.338 e. The van der Waals surface area contributed by atoms with Crippen LogP contribution in [0.5, 0.6) is 0 Å². The van der Waals surface area contributed by atoms with Crippen molar-refractivity contribution in [2.24, 2.45) is 0 Å². The van der Waals surface area contributed by atoms with Gasteiger partial charge in [0.1, 0.15) is 4.21 Å². The zero-order chi connectivity index (χ0) is 21.8. The van der Waals surface area contributed by atoms with Crippen LogP contribution in [-0.4, -0.2) is 37.9 Å². The first-order valence-corrected chi connectivity index (χ1v) is 11.8. The summed E-state index contributed by atoms with van der Waals surface area (Å²) >= 11 is 1.18. The number of hydrogen-bond donors (Lipinski definition) is 2. The number of thiophene rings is 1. The van der Waals surface area contributed by atoms with Gasteiger partial charge < -0.3 is 10.6 Å². The summed E-state index contributed by atoms with van der Waals surface area (Å²) < 4.78 is 65.3. The molecule has 1 atom stereocenters. The Morgan fingerprint density at radius 2 is 1.90 bits per heavy atom. The molecule has 30 heavy (non-hydrogen) atoms. The lowest BCUT2D eigenvalue weighted by molar-refractivity contribution is -0.137. The van der Waals surface area contributed by atoms with Crippen molar-refractivity contribution in [2.45, 2.75) is 42.1 Å². The van der Waals surface area contributed by atoms with Crippen LogP contribution in [-0.2, 0) is 16.2 Å². The van der Waals surface area contributed by atoms with Gasteiger partial charge in [-0.1, -0.05) is 12.5 Å². The highest BCUT2D eigenvalue weighted by Gasteiger charge is 2.34. The van der Waals surface area contributed by atoms with Gasteiger partial charge in [-0.2, -0.15) is 17.5 Å². The van der Waals surface area contributed by atoms with Gasteiger partial charge in [0.25, 0.3) is 10.0 Å². The summed E-state index contributed by atoms with van der Waals surface area (Å²) in [6, 6.07) is 6.66. The predicted molar refractivity (Wildman–Crippen MR) is 109 cm³/mol. The van der Waals surface area contributed by atoms with E-state index in [-0.39, 0.29) is 18.3 Å². The van der Waals surface area contributed by atoms with Crippen LogP contribution in [0.15, 0.2) is 46.0 Å². The fourth-order valence-corrected chi connectivity index (χ4v) is 6.22. The molecule has 0 bridgehead atoms. The number of anilines is 1. The minimum absolute atomic E-state index is 0.211. The van der Waals surface area contributed by atoms with Crippen LogP contribution in [0.4, 0.5) is 23.7 Å². The number of benzene rings is 1. The van der Waals surface area contributed by atoms with Gasteiger partial charge in [0, 0.05) is 24.8 Å². The van der Waals surface area contributed by atoms with Crippen LogP contribution in [0.2, 0.25) is 0 Å². The Bertz CT molecular complexity index is 946. The van der Waals surface area contributed by atoms with Gasteiger partial charge in [0.05, 0.1) is 5.56 Å². The number of rotatable bonds is 6. The second-order valence-corrected chi connectivity index (χ2v) is 10.0. The number of nitrogens with one attached hydrogen (secondary N) is 2. The Morgan fingerprint density at radius 1 is 1.17 bits per heavy atom. The maximum Gasteiger partial charge on any atom is 0.416 e. The van der Waals surface area contributed by atoms with E-state index in [4.69, 9.17) is 0 Å². The molecule has 0 radical (unpaired) electrons. The Labute approximate surface area is 177 Å². The average Bonchev–Trinajstić information content (AvgIpc) is 3.24. The Hall–Kier alpha value is -2.11. The molecule has 0 spiro atoms. The number of halogens is 3. The number of carbonyl (C=O) groups excluding carboxylic acids is 1. The third-order valence-electron chi connectivity index (χ3n) is 4.86. The number of amides is 2. The number of sulfonamides is 1. The van der Waals surface area contributed by atoms with Gasteiger partial charge in [0.2, 0.25) is 0 Å². The van der Waals surface area contributed by atoms with E-state index in [1.165, 1.54) is 27.8 Å². The topological polar surface area (TPSA) is 78.5 Å². The third-order valence-corrected chi connectivity index (χ3v) is 8.19. The van der Waals surface area contributed by atoms with Crippen molar-refractivity contribution in [2.75, 3.05) is 18.4 Å². The number of carbonyl (C=O) groups is 1. The molecule has 2 N–H and O–H groups in total. The molecule has 1 aliphatic heterocycles. The van der Waals surface area contributed by atoms with Gasteiger partial charge in [-0.05, 0) is 55.0 Å². The molecule has 2 amide bonds. The predicted octanol–water partition coefficient (Wildman–Crippen LogP) is 4.52. The average molecular weight is 462 g/mol. The highest BCUT2D eigenvalue weighted by atomic mass is 32.2. The lowest BCUT2D eigenvalue weighted by atomic mass is 10.0. The maximum atomic E-state index is 12.9. The van der Waals surface area contributed by atoms with Crippen LogP contribution in [0.3, 0.4) is 0 Å². The Kier molecular flexibility index (Phi) is 7.04. The number of nitrogens with zero attached hydrogens (tertiary/aromatic N) is 1. The Morgan fingerprint density at radius 3 is 2.53 bits per heavy atom. The smallest absolute Gasteiger partial charge is 0.338 e. The second kappa shape index (κ2) is 9.36. The number of urea groups is 1. The largest absolute Gasteiger partial charge is 0.416 e. The fourth-order valence-electron chi connectivity index (χ4n) is 3.37. The van der Waals surface area contributed by atoms with Crippen LogP contribution in [0.1, 0.15) is 31.2 Å². The molecule has 1 aromatic carbocycles. The maximum absolute atomic E-state index is 12.9. The summed E-state index contributed by atoms with van der Waals surface area (Å²) in [5, 5.41) is 6.83. The van der Waals surface area contributed by atoms with Crippen LogP contribution in [0, 0.1) is 0 Å². The standard InChI is InChI=1S/C19H22F3N3O3S2/c20-19(21,22)14-6-8-15(9-7-14)24-18(26)23-11-10-16-4-1-2-12-25(16)30(27,28)17-5-3-13-29-17/h3,5-9,13,16H,1-2,4,10-12H2,(H2,23,24,26). The zero-order valence-electron chi connectivity index (χ0n) is 16.0. The lowest BCUT2D eigenvalue weighted by Crippen LogP contribution is -2.45. The van der Waals surface area contributed by atoms with E-state index in [9.17, 15) is 26.4 Å². The molecule has 0 saturated carbocycles. The summed E-state index contributed by atoms with van der Waals surface area (Å²) in [5.74, 6) is 0. The van der Waals surface area contributed by atoms with Gasteiger partial charge in [-0.15, -0.1) is 11.3 Å². The first-order valence-electron chi connectivity index (χ1n) is 9.45. The Balaban J connectivity index is 1.52. The van der Waals surface area contributed by atoms with E-state index in [0.29, 0.717) is 23.6 Å². The van der Waals surface area contributed by atoms with Crippen molar-refractivity contribution in [3.8, 4) is 0 Å². The normalized spacial score (nSPS) is 18.2. The third kappa shape index (κ3) is 5.52. The van der Waals surface area contributed by atoms with Gasteiger partial charge >= 0.3 is 12.2 Å². The summed E-state index contributed by atoms with van der Waals surface area (Å²) in [6.07, 6.45) is -1.56. The molecule has 1 aromatic heterocycles. The van der Waals surface area contributed by atoms with Crippen LogP contribution in [0.25, 0.3) is 0 Å². The van der Waals surface area contributed by atoms with E-state index in [0.717, 1.165) is 25.0 Å². The van der Waals surface area contributed by atoms with Crippen molar-refractivity contribution in [1.29, 1.82) is 0 Å². The van der Waals surface area contributed by atoms with E-state index in [2.05, 4.69) is 10.6 Å². The second-order valence-electron chi connectivity index (χ2n) is 6.94. The van der Waals surface area contributed by atoms with E-state index < -0.39 is 27.8 Å². The lowest BCUT2D eigenvalue weighted by Gasteiger charge is -2.34. The molecule has 11 heteroatoms. The monoisotopic (exact) mass is 461 g/mol. The summed E-state index contributed by atoms with van der Waals surface area (Å²) in [4.78, 5) is 12.0. The van der Waals surface area contributed by atoms with Crippen molar-refractivity contribution in [3.63, 3.8) is 0 Å². The summed E-state index contributed by atoms with van der Waals surface area (Å²) in [7, 11) is -3.55. The fraction of sp³-hybridized carbons (Fsp3) is 0.421. The molecule has 1 fully saturated rings. The number of alkyl halides is 3. The van der Waals surface area contributed by atoms with E-state index in [1.54, 1.807) is 17.5 Å². The molecular formula is C19H22F3N3O3S2. The van der Waals surface area contributed by atoms with Crippen molar-refractivity contribution in [3.05, 3.63) is 47.3 Å².